The number of aromatic nitrogens is 3. The molecule has 0 aliphatic carbocycles. The summed E-state index contributed by atoms with van der Waals surface area (Å²) in [6.07, 6.45) is 1.63. The molecule has 0 aliphatic heterocycles. The summed E-state index contributed by atoms with van der Waals surface area (Å²) in [5, 5.41) is 10.3. The smallest absolute Gasteiger partial charge is 0.191 e. The Morgan fingerprint density at radius 1 is 1.45 bits per heavy atom. The van der Waals surface area contributed by atoms with Gasteiger partial charge in [-0.15, -0.1) is 0 Å². The van der Waals surface area contributed by atoms with Crippen LogP contribution in [0.5, 0.6) is 0 Å². The molecule has 7 heteroatoms. The summed E-state index contributed by atoms with van der Waals surface area (Å²) in [5.41, 5.74) is 0.848. The Balaban J connectivity index is 1.95. The predicted octanol–water partition coefficient (Wildman–Crippen LogP) is 0.760. The number of nitrogens with one attached hydrogen (secondary N) is 2. The lowest BCUT2D eigenvalue weighted by atomic mass is 10.2. The SMILES string of the molecule is CN=C(NC)NCc1ncn(Cc2cccc(F)c2)n1. The van der Waals surface area contributed by atoms with E-state index in [0.717, 1.165) is 5.56 Å². The average Bonchev–Trinajstić information content (AvgIpc) is 2.87. The van der Waals surface area contributed by atoms with E-state index in [1.54, 1.807) is 31.2 Å². The standard InChI is InChI=1S/C13H17FN6/c1-15-13(16-2)17-7-12-18-9-20(19-12)8-10-4-3-5-11(14)6-10/h3-6,9H,7-8H2,1-2H3,(H2,15,16,17). The summed E-state index contributed by atoms with van der Waals surface area (Å²) in [4.78, 5) is 8.18. The minimum atomic E-state index is -0.248. The van der Waals surface area contributed by atoms with E-state index in [4.69, 9.17) is 0 Å². The molecule has 0 spiro atoms. The van der Waals surface area contributed by atoms with E-state index in [2.05, 4.69) is 25.7 Å². The van der Waals surface area contributed by atoms with E-state index >= 15 is 0 Å². The van der Waals surface area contributed by atoms with Crippen LogP contribution in [0.25, 0.3) is 0 Å². The number of nitrogens with zero attached hydrogens (tertiary/aromatic N) is 4. The van der Waals surface area contributed by atoms with Crippen LogP contribution in [-0.4, -0.2) is 34.8 Å². The van der Waals surface area contributed by atoms with Crippen molar-refractivity contribution in [2.75, 3.05) is 14.1 Å². The van der Waals surface area contributed by atoms with Crippen molar-refractivity contribution < 1.29 is 4.39 Å². The summed E-state index contributed by atoms with van der Waals surface area (Å²) in [7, 11) is 3.47. The minimum Gasteiger partial charge on any atom is -0.359 e. The first-order valence-electron chi connectivity index (χ1n) is 6.22. The summed E-state index contributed by atoms with van der Waals surface area (Å²) in [6, 6.07) is 6.44. The molecule has 2 N–H and O–H groups in total. The van der Waals surface area contributed by atoms with Gasteiger partial charge in [-0.3, -0.25) is 4.99 Å². The molecule has 0 atom stereocenters. The number of hydrogen-bond donors (Lipinski definition) is 2. The fourth-order valence-electron chi connectivity index (χ4n) is 1.75. The molecule has 0 radical (unpaired) electrons. The number of benzene rings is 1. The third-order valence-electron chi connectivity index (χ3n) is 2.69. The van der Waals surface area contributed by atoms with Crippen LogP contribution in [0.1, 0.15) is 11.4 Å². The largest absolute Gasteiger partial charge is 0.359 e. The zero-order valence-electron chi connectivity index (χ0n) is 11.5. The first-order valence-corrected chi connectivity index (χ1v) is 6.22. The van der Waals surface area contributed by atoms with Crippen LogP contribution >= 0.6 is 0 Å². The quantitative estimate of drug-likeness (QED) is 0.639. The molecule has 0 aliphatic rings. The second-order valence-corrected chi connectivity index (χ2v) is 4.16. The van der Waals surface area contributed by atoms with Crippen molar-refractivity contribution in [1.82, 2.24) is 25.4 Å². The van der Waals surface area contributed by atoms with Gasteiger partial charge in [-0.25, -0.2) is 14.1 Å². The van der Waals surface area contributed by atoms with Crippen LogP contribution in [0, 0.1) is 5.82 Å². The van der Waals surface area contributed by atoms with Crippen molar-refractivity contribution in [2.45, 2.75) is 13.1 Å². The molecule has 0 saturated heterocycles. The van der Waals surface area contributed by atoms with Crippen LogP contribution in [0.3, 0.4) is 0 Å². The van der Waals surface area contributed by atoms with Gasteiger partial charge in [0.25, 0.3) is 0 Å². The Morgan fingerprint density at radius 2 is 2.30 bits per heavy atom. The zero-order chi connectivity index (χ0) is 14.4. The lowest BCUT2D eigenvalue weighted by molar-refractivity contribution is 0.617. The highest BCUT2D eigenvalue weighted by atomic mass is 19.1. The molecule has 1 heterocycles. The Bertz CT molecular complexity index is 592. The molecule has 2 aromatic rings. The highest BCUT2D eigenvalue weighted by Gasteiger charge is 2.03. The monoisotopic (exact) mass is 276 g/mol. The predicted molar refractivity (Wildman–Crippen MR) is 74.8 cm³/mol. The van der Waals surface area contributed by atoms with Crippen molar-refractivity contribution in [3.05, 3.63) is 47.8 Å². The van der Waals surface area contributed by atoms with E-state index in [1.807, 2.05) is 6.07 Å². The van der Waals surface area contributed by atoms with Gasteiger partial charge in [0.2, 0.25) is 0 Å². The van der Waals surface area contributed by atoms with Gasteiger partial charge in [0.15, 0.2) is 11.8 Å². The van der Waals surface area contributed by atoms with E-state index in [1.165, 1.54) is 12.1 Å². The summed E-state index contributed by atoms with van der Waals surface area (Å²) in [6.45, 7) is 0.967. The molecule has 20 heavy (non-hydrogen) atoms. The van der Waals surface area contributed by atoms with E-state index < -0.39 is 0 Å². The van der Waals surface area contributed by atoms with E-state index in [0.29, 0.717) is 24.9 Å². The van der Waals surface area contributed by atoms with Crippen LogP contribution in [-0.2, 0) is 13.1 Å². The summed E-state index contributed by atoms with van der Waals surface area (Å²) >= 11 is 0. The first kappa shape index (κ1) is 14.0. The number of rotatable bonds is 4. The lowest BCUT2D eigenvalue weighted by Crippen LogP contribution is -2.34. The van der Waals surface area contributed by atoms with Crippen LogP contribution < -0.4 is 10.6 Å². The van der Waals surface area contributed by atoms with Crippen molar-refractivity contribution in [2.24, 2.45) is 4.99 Å². The van der Waals surface area contributed by atoms with Gasteiger partial charge in [-0.05, 0) is 17.7 Å². The van der Waals surface area contributed by atoms with Crippen molar-refractivity contribution in [3.8, 4) is 0 Å². The molecule has 0 bridgehead atoms. The molecule has 0 fully saturated rings. The van der Waals surface area contributed by atoms with Crippen molar-refractivity contribution in [3.63, 3.8) is 0 Å². The van der Waals surface area contributed by atoms with Gasteiger partial charge in [0, 0.05) is 14.1 Å². The minimum absolute atomic E-state index is 0.248. The van der Waals surface area contributed by atoms with Crippen molar-refractivity contribution >= 4 is 5.96 Å². The molecule has 6 nitrogen and oxygen atoms in total. The molecular formula is C13H17FN6. The molecule has 1 aromatic carbocycles. The summed E-state index contributed by atoms with van der Waals surface area (Å²) in [5.74, 6) is 1.08. The molecule has 0 amide bonds. The van der Waals surface area contributed by atoms with Gasteiger partial charge in [-0.2, -0.15) is 5.10 Å². The third-order valence-corrected chi connectivity index (χ3v) is 2.69. The van der Waals surface area contributed by atoms with Gasteiger partial charge in [0.05, 0.1) is 13.1 Å². The molecule has 0 saturated carbocycles. The van der Waals surface area contributed by atoms with Gasteiger partial charge in [0.1, 0.15) is 12.1 Å². The Labute approximate surface area is 116 Å². The molecule has 106 valence electrons. The lowest BCUT2D eigenvalue weighted by Gasteiger charge is -2.05. The maximum atomic E-state index is 13.1. The van der Waals surface area contributed by atoms with Crippen molar-refractivity contribution in [1.29, 1.82) is 0 Å². The second-order valence-electron chi connectivity index (χ2n) is 4.16. The first-order chi connectivity index (χ1) is 9.71. The Morgan fingerprint density at radius 3 is 3.00 bits per heavy atom. The van der Waals surface area contributed by atoms with Crippen LogP contribution in [0.2, 0.25) is 0 Å². The van der Waals surface area contributed by atoms with E-state index in [9.17, 15) is 4.39 Å². The molecular weight excluding hydrogens is 259 g/mol. The highest BCUT2D eigenvalue weighted by molar-refractivity contribution is 5.79. The van der Waals surface area contributed by atoms with Gasteiger partial charge >= 0.3 is 0 Å². The van der Waals surface area contributed by atoms with Gasteiger partial charge < -0.3 is 10.6 Å². The Kier molecular flexibility index (Phi) is 4.65. The maximum Gasteiger partial charge on any atom is 0.191 e. The number of aliphatic imine (C=N–C) groups is 1. The number of guanidine groups is 1. The fraction of sp³-hybridized carbons (Fsp3) is 0.308. The zero-order valence-corrected chi connectivity index (χ0v) is 11.5. The molecule has 2 rings (SSSR count). The van der Waals surface area contributed by atoms with E-state index in [-0.39, 0.29) is 5.82 Å². The number of halogens is 1. The maximum absolute atomic E-state index is 13.1. The topological polar surface area (TPSA) is 67.1 Å². The fourth-order valence-corrected chi connectivity index (χ4v) is 1.75. The molecule has 0 unspecified atom stereocenters. The highest BCUT2D eigenvalue weighted by Crippen LogP contribution is 2.05. The molecule has 1 aromatic heterocycles. The van der Waals surface area contributed by atoms with Crippen LogP contribution in [0.4, 0.5) is 4.39 Å². The Hall–Kier alpha value is -2.44. The third kappa shape index (κ3) is 3.78. The number of hydrogen-bond acceptors (Lipinski definition) is 3. The average molecular weight is 276 g/mol. The summed E-state index contributed by atoms with van der Waals surface area (Å²) < 4.78 is 14.8. The normalized spacial score (nSPS) is 11.4. The van der Waals surface area contributed by atoms with Gasteiger partial charge in [-0.1, -0.05) is 12.1 Å². The van der Waals surface area contributed by atoms with Crippen LogP contribution in [0.15, 0.2) is 35.6 Å². The second kappa shape index (κ2) is 6.65.